The summed E-state index contributed by atoms with van der Waals surface area (Å²) >= 11 is 0. The maximum atomic E-state index is 12.4. The maximum Gasteiger partial charge on any atom is 0.337 e. The van der Waals surface area contributed by atoms with E-state index >= 15 is 0 Å². The van der Waals surface area contributed by atoms with Crippen LogP contribution in [0.4, 0.5) is 5.69 Å². The Hall–Kier alpha value is -2.87. The summed E-state index contributed by atoms with van der Waals surface area (Å²) < 4.78 is 36.4. The second kappa shape index (κ2) is 7.14. The van der Waals surface area contributed by atoms with E-state index in [0.717, 1.165) is 0 Å². The van der Waals surface area contributed by atoms with Crippen LogP contribution >= 0.6 is 0 Å². The van der Waals surface area contributed by atoms with Gasteiger partial charge in [-0.1, -0.05) is 12.1 Å². The topological polar surface area (TPSA) is 98.8 Å². The number of hydrogen-bond acceptors (Lipinski definition) is 6. The first kappa shape index (κ1) is 17.5. The summed E-state index contributed by atoms with van der Waals surface area (Å²) in [7, 11) is -1.49. The highest BCUT2D eigenvalue weighted by molar-refractivity contribution is 7.92. The number of carbonyl (C=O) groups is 2. The van der Waals surface area contributed by atoms with Crippen LogP contribution in [0.1, 0.15) is 20.7 Å². The van der Waals surface area contributed by atoms with Gasteiger partial charge in [-0.15, -0.1) is 0 Å². The number of ether oxygens (including phenoxy) is 2. The molecule has 0 aliphatic heterocycles. The third kappa shape index (κ3) is 3.90. The van der Waals surface area contributed by atoms with E-state index in [1.54, 1.807) is 0 Å². The molecule has 0 fully saturated rings. The van der Waals surface area contributed by atoms with E-state index in [4.69, 9.17) is 0 Å². The number of nitrogens with one attached hydrogen (secondary N) is 1. The molecule has 0 heterocycles. The number of rotatable bonds is 5. The van der Waals surface area contributed by atoms with E-state index in [2.05, 4.69) is 14.2 Å². The highest BCUT2D eigenvalue weighted by Crippen LogP contribution is 2.19. The van der Waals surface area contributed by atoms with Crippen molar-refractivity contribution in [1.82, 2.24) is 0 Å². The van der Waals surface area contributed by atoms with Crippen LogP contribution in [0.3, 0.4) is 0 Å². The standard InChI is InChI=1S/C16H15NO6S/c1-22-15(18)11-5-3-7-13(9-11)17-24(20,21)14-8-4-6-12(10-14)16(19)23-2/h3-10,17H,1-2H3. The van der Waals surface area contributed by atoms with Gasteiger partial charge >= 0.3 is 11.9 Å². The van der Waals surface area contributed by atoms with E-state index < -0.39 is 22.0 Å². The molecular formula is C16H15NO6S. The van der Waals surface area contributed by atoms with E-state index in [1.165, 1.54) is 62.8 Å². The molecule has 8 heteroatoms. The molecule has 0 amide bonds. The number of methoxy groups -OCH3 is 2. The van der Waals surface area contributed by atoms with Crippen molar-refractivity contribution in [3.05, 3.63) is 59.7 Å². The van der Waals surface area contributed by atoms with Crippen molar-refractivity contribution in [3.8, 4) is 0 Å². The lowest BCUT2D eigenvalue weighted by Gasteiger charge is -2.10. The Morgan fingerprint density at radius 1 is 0.875 bits per heavy atom. The highest BCUT2D eigenvalue weighted by atomic mass is 32.2. The zero-order valence-electron chi connectivity index (χ0n) is 13.0. The van der Waals surface area contributed by atoms with Crippen LogP contribution in [0.15, 0.2) is 53.4 Å². The van der Waals surface area contributed by atoms with Gasteiger partial charge in [-0.25, -0.2) is 18.0 Å². The van der Waals surface area contributed by atoms with E-state index in [9.17, 15) is 18.0 Å². The molecule has 0 spiro atoms. The molecular weight excluding hydrogens is 334 g/mol. The highest BCUT2D eigenvalue weighted by Gasteiger charge is 2.17. The minimum atomic E-state index is -3.94. The summed E-state index contributed by atoms with van der Waals surface area (Å²) in [5, 5.41) is 0. The smallest absolute Gasteiger partial charge is 0.337 e. The predicted molar refractivity (Wildman–Crippen MR) is 86.4 cm³/mol. The Labute approximate surface area is 139 Å². The third-order valence-corrected chi connectivity index (χ3v) is 4.48. The minimum Gasteiger partial charge on any atom is -0.465 e. The van der Waals surface area contributed by atoms with Crippen LogP contribution in [0, 0.1) is 0 Å². The van der Waals surface area contributed by atoms with Crippen LogP contribution in [0.25, 0.3) is 0 Å². The number of carbonyl (C=O) groups excluding carboxylic acids is 2. The molecule has 0 radical (unpaired) electrons. The van der Waals surface area contributed by atoms with E-state index in [1.807, 2.05) is 0 Å². The fourth-order valence-electron chi connectivity index (χ4n) is 1.95. The molecule has 0 saturated carbocycles. The third-order valence-electron chi connectivity index (χ3n) is 3.10. The van der Waals surface area contributed by atoms with Crippen molar-refractivity contribution in [1.29, 1.82) is 0 Å². The van der Waals surface area contributed by atoms with Gasteiger partial charge in [0.1, 0.15) is 0 Å². The maximum absolute atomic E-state index is 12.4. The Bertz CT molecular complexity index is 876. The number of anilines is 1. The SMILES string of the molecule is COC(=O)c1cccc(NS(=O)(=O)c2cccc(C(=O)OC)c2)c1. The number of benzene rings is 2. The fraction of sp³-hybridized carbons (Fsp3) is 0.125. The van der Waals surface area contributed by atoms with Crippen LogP contribution in [-0.4, -0.2) is 34.6 Å². The number of hydrogen-bond donors (Lipinski definition) is 1. The second-order valence-corrected chi connectivity index (χ2v) is 6.38. The first-order valence-electron chi connectivity index (χ1n) is 6.77. The quantitative estimate of drug-likeness (QED) is 0.830. The van der Waals surface area contributed by atoms with Crippen molar-refractivity contribution in [3.63, 3.8) is 0 Å². The molecule has 0 unspecified atom stereocenters. The van der Waals surface area contributed by atoms with Gasteiger partial charge in [0, 0.05) is 5.69 Å². The van der Waals surface area contributed by atoms with Crippen molar-refractivity contribution in [2.75, 3.05) is 18.9 Å². The second-order valence-electron chi connectivity index (χ2n) is 4.70. The van der Waals surface area contributed by atoms with Crippen LogP contribution < -0.4 is 4.72 Å². The van der Waals surface area contributed by atoms with Crippen LogP contribution in [-0.2, 0) is 19.5 Å². The zero-order valence-corrected chi connectivity index (χ0v) is 13.8. The Morgan fingerprint density at radius 3 is 2.00 bits per heavy atom. The lowest BCUT2D eigenvalue weighted by Crippen LogP contribution is -2.14. The Balaban J connectivity index is 2.32. The first-order chi connectivity index (χ1) is 11.4. The Kier molecular flexibility index (Phi) is 5.20. The van der Waals surface area contributed by atoms with Crippen LogP contribution in [0.5, 0.6) is 0 Å². The summed E-state index contributed by atoms with van der Waals surface area (Å²) in [5.41, 5.74) is 0.520. The van der Waals surface area contributed by atoms with Crippen molar-refractivity contribution in [2.24, 2.45) is 0 Å². The molecule has 0 saturated heterocycles. The van der Waals surface area contributed by atoms with Gasteiger partial charge in [0.15, 0.2) is 0 Å². The zero-order chi connectivity index (χ0) is 17.7. The van der Waals surface area contributed by atoms with Gasteiger partial charge < -0.3 is 9.47 Å². The normalized spacial score (nSPS) is 10.8. The molecule has 1 N–H and O–H groups in total. The van der Waals surface area contributed by atoms with Crippen molar-refractivity contribution >= 4 is 27.6 Å². The molecule has 0 atom stereocenters. The summed E-state index contributed by atoms with van der Waals surface area (Å²) in [6, 6.07) is 11.3. The molecule has 0 aromatic heterocycles. The first-order valence-corrected chi connectivity index (χ1v) is 8.25. The molecule has 2 aromatic rings. The average molecular weight is 349 g/mol. The minimum absolute atomic E-state index is 0.103. The monoisotopic (exact) mass is 349 g/mol. The summed E-state index contributed by atoms with van der Waals surface area (Å²) in [6.45, 7) is 0. The van der Waals surface area contributed by atoms with E-state index in [-0.39, 0.29) is 21.7 Å². The molecule has 7 nitrogen and oxygen atoms in total. The van der Waals surface area contributed by atoms with Gasteiger partial charge in [-0.3, -0.25) is 4.72 Å². The molecule has 0 aliphatic carbocycles. The number of esters is 2. The molecule has 24 heavy (non-hydrogen) atoms. The lowest BCUT2D eigenvalue weighted by molar-refractivity contribution is 0.0591. The predicted octanol–water partition coefficient (Wildman–Crippen LogP) is 2.06. The van der Waals surface area contributed by atoms with Gasteiger partial charge in [-0.2, -0.15) is 0 Å². The molecule has 2 aromatic carbocycles. The van der Waals surface area contributed by atoms with Gasteiger partial charge in [0.25, 0.3) is 10.0 Å². The summed E-state index contributed by atoms with van der Waals surface area (Å²) in [4.78, 5) is 22.9. The Morgan fingerprint density at radius 2 is 1.42 bits per heavy atom. The fourth-order valence-corrected chi connectivity index (χ4v) is 3.04. The van der Waals surface area contributed by atoms with Crippen molar-refractivity contribution < 1.29 is 27.5 Å². The largest absolute Gasteiger partial charge is 0.465 e. The average Bonchev–Trinajstić information content (AvgIpc) is 2.60. The van der Waals surface area contributed by atoms with Gasteiger partial charge in [-0.05, 0) is 36.4 Å². The molecule has 126 valence electrons. The van der Waals surface area contributed by atoms with E-state index in [0.29, 0.717) is 0 Å². The number of sulfonamides is 1. The van der Waals surface area contributed by atoms with Gasteiger partial charge in [0.05, 0.1) is 30.2 Å². The van der Waals surface area contributed by atoms with Crippen molar-refractivity contribution in [2.45, 2.75) is 4.90 Å². The molecule has 0 bridgehead atoms. The lowest BCUT2D eigenvalue weighted by atomic mass is 10.2. The summed E-state index contributed by atoms with van der Waals surface area (Å²) in [6.07, 6.45) is 0. The molecule has 2 rings (SSSR count). The molecule has 0 aliphatic rings. The van der Waals surface area contributed by atoms with Crippen LogP contribution in [0.2, 0.25) is 0 Å². The van der Waals surface area contributed by atoms with Gasteiger partial charge in [0.2, 0.25) is 0 Å². The summed E-state index contributed by atoms with van der Waals surface area (Å²) in [5.74, 6) is -1.22.